The van der Waals surface area contributed by atoms with Gasteiger partial charge in [0.2, 0.25) is 0 Å². The van der Waals surface area contributed by atoms with E-state index in [-0.39, 0.29) is 5.60 Å². The molecule has 0 amide bonds. The first-order chi connectivity index (χ1) is 8.78. The molecule has 106 valence electrons. The van der Waals surface area contributed by atoms with Crippen LogP contribution in [0, 0.1) is 0 Å². The third kappa shape index (κ3) is 3.69. The molecule has 2 unspecified atom stereocenters. The van der Waals surface area contributed by atoms with Gasteiger partial charge in [-0.3, -0.25) is 0 Å². The van der Waals surface area contributed by atoms with Crippen LogP contribution < -0.4 is 5.32 Å². The van der Waals surface area contributed by atoms with Crippen molar-refractivity contribution in [3.63, 3.8) is 0 Å². The second-order valence-corrected chi connectivity index (χ2v) is 5.91. The molecule has 2 aliphatic rings. The van der Waals surface area contributed by atoms with Crippen molar-refractivity contribution in [2.45, 2.75) is 76.0 Å². The van der Waals surface area contributed by atoms with Crippen LogP contribution in [0.1, 0.15) is 58.3 Å². The van der Waals surface area contributed by atoms with Crippen LogP contribution in [0.25, 0.3) is 0 Å². The number of rotatable bonds is 8. The summed E-state index contributed by atoms with van der Waals surface area (Å²) in [4.78, 5) is 0. The van der Waals surface area contributed by atoms with Crippen LogP contribution in [0.5, 0.6) is 0 Å². The maximum atomic E-state index is 5.75. The molecule has 1 aliphatic carbocycles. The zero-order valence-electron chi connectivity index (χ0n) is 12.0. The van der Waals surface area contributed by atoms with Crippen molar-refractivity contribution in [3.8, 4) is 0 Å². The molecular formula is C15H29NO2. The molecule has 18 heavy (non-hydrogen) atoms. The monoisotopic (exact) mass is 255 g/mol. The van der Waals surface area contributed by atoms with Gasteiger partial charge in [0, 0.05) is 19.8 Å². The summed E-state index contributed by atoms with van der Waals surface area (Å²) in [5, 5.41) is 3.63. The Morgan fingerprint density at radius 2 is 2.22 bits per heavy atom. The second-order valence-electron chi connectivity index (χ2n) is 5.91. The molecule has 1 saturated carbocycles. The molecule has 3 heteroatoms. The van der Waals surface area contributed by atoms with Crippen LogP contribution in [-0.2, 0) is 9.47 Å². The third-order valence-corrected chi connectivity index (χ3v) is 4.67. The molecule has 0 spiro atoms. The Kier molecular flexibility index (Phi) is 5.46. The largest absolute Gasteiger partial charge is 0.378 e. The molecule has 2 rings (SSSR count). The summed E-state index contributed by atoms with van der Waals surface area (Å²) in [6, 6.07) is 0.597. The lowest BCUT2D eigenvalue weighted by atomic mass is 9.75. The van der Waals surface area contributed by atoms with Crippen LogP contribution in [0.4, 0.5) is 0 Å². The fraction of sp³-hybridized carbons (Fsp3) is 1.00. The van der Waals surface area contributed by atoms with Crippen molar-refractivity contribution < 1.29 is 9.47 Å². The number of hydrogen-bond acceptors (Lipinski definition) is 3. The first-order valence-electron chi connectivity index (χ1n) is 7.68. The van der Waals surface area contributed by atoms with E-state index in [1.54, 1.807) is 0 Å². The lowest BCUT2D eigenvalue weighted by Gasteiger charge is -2.43. The predicted octanol–water partition coefficient (Wildman–Crippen LogP) is 2.88. The number of methoxy groups -OCH3 is 1. The highest BCUT2D eigenvalue weighted by molar-refractivity contribution is 4.93. The van der Waals surface area contributed by atoms with Gasteiger partial charge in [0.1, 0.15) is 0 Å². The van der Waals surface area contributed by atoms with Gasteiger partial charge in [0.25, 0.3) is 0 Å². The molecule has 3 nitrogen and oxygen atoms in total. The van der Waals surface area contributed by atoms with Crippen molar-refractivity contribution in [1.29, 1.82) is 0 Å². The Hall–Kier alpha value is -0.120. The topological polar surface area (TPSA) is 30.5 Å². The van der Waals surface area contributed by atoms with E-state index in [9.17, 15) is 0 Å². The van der Waals surface area contributed by atoms with Crippen LogP contribution in [0.3, 0.4) is 0 Å². The molecule has 1 N–H and O–H groups in total. The third-order valence-electron chi connectivity index (χ3n) is 4.67. The number of ether oxygens (including phenoxy) is 2. The molecule has 0 aromatic rings. The van der Waals surface area contributed by atoms with Gasteiger partial charge in [-0.25, -0.2) is 0 Å². The van der Waals surface area contributed by atoms with Crippen molar-refractivity contribution in [1.82, 2.24) is 5.32 Å². The molecule has 0 bridgehead atoms. The van der Waals surface area contributed by atoms with Gasteiger partial charge < -0.3 is 14.8 Å². The lowest BCUT2D eigenvalue weighted by Crippen LogP contribution is -2.46. The fourth-order valence-electron chi connectivity index (χ4n) is 3.34. The summed E-state index contributed by atoms with van der Waals surface area (Å²) in [5.74, 6) is 0. The molecule has 1 aliphatic heterocycles. The van der Waals surface area contributed by atoms with E-state index in [2.05, 4.69) is 12.2 Å². The van der Waals surface area contributed by atoms with Crippen molar-refractivity contribution >= 4 is 0 Å². The van der Waals surface area contributed by atoms with Gasteiger partial charge >= 0.3 is 0 Å². The molecule has 1 heterocycles. The summed E-state index contributed by atoms with van der Waals surface area (Å²) in [6.07, 6.45) is 10.4. The molecule has 2 fully saturated rings. The Morgan fingerprint density at radius 1 is 1.39 bits per heavy atom. The normalized spacial score (nSPS) is 28.0. The summed E-state index contributed by atoms with van der Waals surface area (Å²) < 4.78 is 11.5. The maximum absolute atomic E-state index is 5.75. The quantitative estimate of drug-likeness (QED) is 0.723. The number of nitrogens with one attached hydrogen (secondary N) is 1. The molecule has 0 aromatic carbocycles. The average molecular weight is 255 g/mol. The van der Waals surface area contributed by atoms with Crippen LogP contribution in [-0.4, -0.2) is 38.0 Å². The van der Waals surface area contributed by atoms with E-state index in [0.717, 1.165) is 13.2 Å². The van der Waals surface area contributed by atoms with Gasteiger partial charge in [-0.2, -0.15) is 0 Å². The van der Waals surface area contributed by atoms with Crippen molar-refractivity contribution in [3.05, 3.63) is 0 Å². The van der Waals surface area contributed by atoms with E-state index >= 15 is 0 Å². The van der Waals surface area contributed by atoms with Gasteiger partial charge in [-0.1, -0.05) is 6.92 Å². The average Bonchev–Trinajstić information content (AvgIpc) is 2.83. The van der Waals surface area contributed by atoms with E-state index < -0.39 is 0 Å². The van der Waals surface area contributed by atoms with E-state index in [1.807, 2.05) is 7.11 Å². The minimum atomic E-state index is 0.184. The van der Waals surface area contributed by atoms with E-state index in [4.69, 9.17) is 9.47 Å². The Balaban J connectivity index is 1.75. The van der Waals surface area contributed by atoms with E-state index in [0.29, 0.717) is 12.1 Å². The summed E-state index contributed by atoms with van der Waals surface area (Å²) in [6.45, 7) is 4.22. The number of hydrogen-bond donors (Lipinski definition) is 1. The Bertz CT molecular complexity index is 229. The smallest absolute Gasteiger partial charge is 0.0693 e. The highest BCUT2D eigenvalue weighted by atomic mass is 16.5. The first kappa shape index (κ1) is 14.3. The van der Waals surface area contributed by atoms with Gasteiger partial charge in [0.15, 0.2) is 0 Å². The first-order valence-corrected chi connectivity index (χ1v) is 7.68. The molecule has 2 atom stereocenters. The lowest BCUT2D eigenvalue weighted by molar-refractivity contribution is -0.0843. The van der Waals surface area contributed by atoms with Crippen molar-refractivity contribution in [2.75, 3.05) is 20.3 Å². The van der Waals surface area contributed by atoms with Gasteiger partial charge in [-0.05, 0) is 57.9 Å². The minimum absolute atomic E-state index is 0.184. The predicted molar refractivity (Wildman–Crippen MR) is 73.9 cm³/mol. The highest BCUT2D eigenvalue weighted by Crippen LogP contribution is 2.39. The maximum Gasteiger partial charge on any atom is 0.0693 e. The summed E-state index contributed by atoms with van der Waals surface area (Å²) in [7, 11) is 1.88. The zero-order valence-corrected chi connectivity index (χ0v) is 12.0. The molecule has 0 radical (unpaired) electrons. The zero-order chi connectivity index (χ0) is 12.8. The fourth-order valence-corrected chi connectivity index (χ4v) is 3.34. The molecule has 0 aromatic heterocycles. The SMILES string of the molecule is CCNC(CCC1CCCO1)CC1(OC)CCC1. The minimum Gasteiger partial charge on any atom is -0.378 e. The second kappa shape index (κ2) is 6.88. The van der Waals surface area contributed by atoms with E-state index in [1.165, 1.54) is 51.4 Å². The van der Waals surface area contributed by atoms with Crippen LogP contribution in [0.2, 0.25) is 0 Å². The van der Waals surface area contributed by atoms with Gasteiger partial charge in [0.05, 0.1) is 11.7 Å². The molecule has 1 saturated heterocycles. The highest BCUT2D eigenvalue weighted by Gasteiger charge is 2.38. The van der Waals surface area contributed by atoms with Crippen LogP contribution in [0.15, 0.2) is 0 Å². The van der Waals surface area contributed by atoms with Crippen LogP contribution >= 0.6 is 0 Å². The Labute approximate surface area is 112 Å². The standard InChI is InChI=1S/C15H29NO2/c1-3-16-13(7-8-14-6-4-11-18-14)12-15(17-2)9-5-10-15/h13-14,16H,3-12H2,1-2H3. The summed E-state index contributed by atoms with van der Waals surface area (Å²) >= 11 is 0. The molecular weight excluding hydrogens is 226 g/mol. The Morgan fingerprint density at radius 3 is 2.72 bits per heavy atom. The van der Waals surface area contributed by atoms with Crippen molar-refractivity contribution in [2.24, 2.45) is 0 Å². The summed E-state index contributed by atoms with van der Waals surface area (Å²) in [5.41, 5.74) is 0.184. The van der Waals surface area contributed by atoms with Gasteiger partial charge in [-0.15, -0.1) is 0 Å².